The number of anilines is 2. The van der Waals surface area contributed by atoms with Gasteiger partial charge in [-0.25, -0.2) is 9.97 Å². The highest BCUT2D eigenvalue weighted by atomic mass is 32.1. The van der Waals surface area contributed by atoms with Gasteiger partial charge in [0.25, 0.3) is 0 Å². The van der Waals surface area contributed by atoms with Crippen molar-refractivity contribution in [3.8, 4) is 0 Å². The molecule has 0 amide bonds. The summed E-state index contributed by atoms with van der Waals surface area (Å²) in [5.41, 5.74) is 1.65. The smallest absolute Gasteiger partial charge is 0.370 e. The van der Waals surface area contributed by atoms with Crippen LogP contribution in [0.4, 0.5) is 24.8 Å². The number of hydrogen-bond donors (Lipinski definition) is 2. The van der Waals surface area contributed by atoms with Crippen LogP contribution in [0.3, 0.4) is 0 Å². The van der Waals surface area contributed by atoms with Gasteiger partial charge in [0.15, 0.2) is 0 Å². The molecule has 0 radical (unpaired) electrons. The largest absolute Gasteiger partial charge is 0.451 e. The molecular weight excluding hydrogens is 291 g/mol. The molecule has 0 aromatic carbocycles. The van der Waals surface area contributed by atoms with Crippen LogP contribution >= 0.6 is 11.3 Å². The summed E-state index contributed by atoms with van der Waals surface area (Å²) in [6.45, 7) is 2.62. The van der Waals surface area contributed by atoms with Gasteiger partial charge >= 0.3 is 6.18 Å². The van der Waals surface area contributed by atoms with Gasteiger partial charge in [-0.15, -0.1) is 11.3 Å². The van der Waals surface area contributed by atoms with E-state index in [9.17, 15) is 13.2 Å². The lowest BCUT2D eigenvalue weighted by molar-refractivity contribution is -0.144. The third-order valence-electron chi connectivity index (χ3n) is 2.26. The van der Waals surface area contributed by atoms with Crippen LogP contribution in [0, 0.1) is 0 Å². The first-order valence-electron chi connectivity index (χ1n) is 5.80. The van der Waals surface area contributed by atoms with Gasteiger partial charge in [0.1, 0.15) is 11.6 Å². The fraction of sp³-hybridized carbons (Fsp3) is 0.364. The van der Waals surface area contributed by atoms with Gasteiger partial charge in [-0.1, -0.05) is 0 Å². The summed E-state index contributed by atoms with van der Waals surface area (Å²) >= 11 is 1.41. The van der Waals surface area contributed by atoms with Crippen LogP contribution < -0.4 is 10.6 Å². The number of hydrogen-bond acceptors (Lipinski definition) is 6. The molecule has 0 spiro atoms. The molecule has 2 aromatic rings. The van der Waals surface area contributed by atoms with E-state index < -0.39 is 12.0 Å². The third kappa shape index (κ3) is 3.80. The minimum atomic E-state index is -4.58. The average Bonchev–Trinajstić information content (AvgIpc) is 2.88. The van der Waals surface area contributed by atoms with Crippen molar-refractivity contribution in [1.82, 2.24) is 15.0 Å². The lowest BCUT2D eigenvalue weighted by Gasteiger charge is -2.11. The van der Waals surface area contributed by atoms with Crippen molar-refractivity contribution in [1.29, 1.82) is 0 Å². The Morgan fingerprint density at radius 2 is 1.90 bits per heavy atom. The Hall–Kier alpha value is -1.90. The number of halogens is 3. The van der Waals surface area contributed by atoms with Gasteiger partial charge in [0, 0.05) is 23.7 Å². The first-order chi connectivity index (χ1) is 9.49. The van der Waals surface area contributed by atoms with Crippen molar-refractivity contribution in [2.24, 2.45) is 0 Å². The number of nitrogens with zero attached hydrogens (tertiary/aromatic N) is 3. The van der Waals surface area contributed by atoms with Crippen molar-refractivity contribution in [2.45, 2.75) is 19.6 Å². The highest BCUT2D eigenvalue weighted by molar-refractivity contribution is 7.09. The van der Waals surface area contributed by atoms with E-state index >= 15 is 0 Å². The van der Waals surface area contributed by atoms with Crippen molar-refractivity contribution >= 4 is 23.0 Å². The molecule has 0 saturated carbocycles. The number of nitrogens with one attached hydrogen (secondary N) is 2. The summed E-state index contributed by atoms with van der Waals surface area (Å²) in [6, 6.07) is 1.44. The Morgan fingerprint density at radius 3 is 2.45 bits per heavy atom. The van der Waals surface area contributed by atoms with E-state index in [2.05, 4.69) is 25.6 Å². The maximum absolute atomic E-state index is 12.7. The van der Waals surface area contributed by atoms with Crippen LogP contribution in [-0.4, -0.2) is 21.5 Å². The summed E-state index contributed by atoms with van der Waals surface area (Å²) in [5.74, 6) is -0.902. The van der Waals surface area contributed by atoms with Crippen LogP contribution in [0.15, 0.2) is 17.8 Å². The Morgan fingerprint density at radius 1 is 1.20 bits per heavy atom. The van der Waals surface area contributed by atoms with E-state index in [1.54, 1.807) is 18.6 Å². The monoisotopic (exact) mass is 303 g/mol. The van der Waals surface area contributed by atoms with Crippen molar-refractivity contribution in [2.75, 3.05) is 17.2 Å². The zero-order valence-corrected chi connectivity index (χ0v) is 11.3. The molecule has 2 aromatic heterocycles. The zero-order valence-electron chi connectivity index (χ0n) is 10.5. The summed E-state index contributed by atoms with van der Waals surface area (Å²) in [5, 5.41) is 5.59. The summed E-state index contributed by atoms with van der Waals surface area (Å²) in [4.78, 5) is 11.7. The Kier molecular flexibility index (Phi) is 4.38. The quantitative estimate of drug-likeness (QED) is 0.889. The molecule has 0 bridgehead atoms. The van der Waals surface area contributed by atoms with Gasteiger partial charge in [-0.05, 0) is 6.92 Å². The average molecular weight is 303 g/mol. The number of alkyl halides is 3. The molecule has 9 heteroatoms. The first-order valence-corrected chi connectivity index (χ1v) is 6.68. The van der Waals surface area contributed by atoms with E-state index in [4.69, 9.17) is 0 Å². The Labute approximate surface area is 117 Å². The molecule has 108 valence electrons. The Balaban J connectivity index is 2.20. The molecule has 20 heavy (non-hydrogen) atoms. The first kappa shape index (κ1) is 14.5. The molecule has 2 rings (SSSR count). The summed E-state index contributed by atoms with van der Waals surface area (Å²) < 4.78 is 38.1. The van der Waals surface area contributed by atoms with Crippen molar-refractivity contribution < 1.29 is 13.2 Å². The van der Waals surface area contributed by atoms with E-state index in [-0.39, 0.29) is 11.6 Å². The van der Waals surface area contributed by atoms with Crippen molar-refractivity contribution in [3.05, 3.63) is 28.5 Å². The molecule has 0 fully saturated rings. The molecule has 0 atom stereocenters. The highest BCUT2D eigenvalue weighted by Crippen LogP contribution is 2.28. The minimum absolute atomic E-state index is 0.122. The van der Waals surface area contributed by atoms with Gasteiger partial charge < -0.3 is 10.6 Å². The zero-order chi connectivity index (χ0) is 14.6. The SMILES string of the molecule is CCNc1cc(NCc2cncs2)nc(C(F)(F)F)n1. The third-order valence-corrected chi connectivity index (χ3v) is 3.04. The van der Waals surface area contributed by atoms with Gasteiger partial charge in [0.2, 0.25) is 5.82 Å². The highest BCUT2D eigenvalue weighted by Gasteiger charge is 2.35. The van der Waals surface area contributed by atoms with Crippen LogP contribution in [0.2, 0.25) is 0 Å². The van der Waals surface area contributed by atoms with E-state index in [0.717, 1.165) is 4.88 Å². The molecule has 0 aliphatic carbocycles. The molecule has 0 unspecified atom stereocenters. The second-order valence-electron chi connectivity index (χ2n) is 3.81. The lowest BCUT2D eigenvalue weighted by atomic mass is 10.4. The maximum atomic E-state index is 12.7. The summed E-state index contributed by atoms with van der Waals surface area (Å²) in [7, 11) is 0. The standard InChI is InChI=1S/C11H12F3N5S/c1-2-16-8-3-9(17-5-7-4-15-6-20-7)19-10(18-8)11(12,13)14/h3-4,6H,2,5H2,1H3,(H2,16,17,18,19). The molecule has 5 nitrogen and oxygen atoms in total. The van der Waals surface area contributed by atoms with Crippen LogP contribution in [0.25, 0.3) is 0 Å². The predicted molar refractivity (Wildman–Crippen MR) is 70.6 cm³/mol. The summed E-state index contributed by atoms with van der Waals surface area (Å²) in [6.07, 6.45) is -2.93. The molecule has 2 N–H and O–H groups in total. The van der Waals surface area contributed by atoms with Gasteiger partial charge in [-0.2, -0.15) is 13.2 Å². The van der Waals surface area contributed by atoms with Crippen LogP contribution in [0.1, 0.15) is 17.6 Å². The van der Waals surface area contributed by atoms with Crippen LogP contribution in [0.5, 0.6) is 0 Å². The number of thiazole rings is 1. The topological polar surface area (TPSA) is 62.7 Å². The number of aromatic nitrogens is 3. The van der Waals surface area contributed by atoms with E-state index in [0.29, 0.717) is 13.1 Å². The van der Waals surface area contributed by atoms with E-state index in [1.165, 1.54) is 17.4 Å². The predicted octanol–water partition coefficient (Wildman–Crippen LogP) is 3.00. The molecule has 2 heterocycles. The normalized spacial score (nSPS) is 11.4. The fourth-order valence-electron chi connectivity index (χ4n) is 1.44. The minimum Gasteiger partial charge on any atom is -0.370 e. The van der Waals surface area contributed by atoms with E-state index in [1.807, 2.05) is 0 Å². The number of rotatable bonds is 5. The molecule has 0 aliphatic rings. The van der Waals surface area contributed by atoms with Crippen molar-refractivity contribution in [3.63, 3.8) is 0 Å². The molecule has 0 saturated heterocycles. The second-order valence-corrected chi connectivity index (χ2v) is 4.78. The van der Waals surface area contributed by atoms with Crippen LogP contribution in [-0.2, 0) is 12.7 Å². The maximum Gasteiger partial charge on any atom is 0.451 e. The van der Waals surface area contributed by atoms with Gasteiger partial charge in [-0.3, -0.25) is 4.98 Å². The molecular formula is C11H12F3N5S. The molecule has 0 aliphatic heterocycles. The lowest BCUT2D eigenvalue weighted by Crippen LogP contribution is -2.15. The second kappa shape index (κ2) is 6.04. The van der Waals surface area contributed by atoms with Gasteiger partial charge in [0.05, 0.1) is 12.1 Å². The fourth-order valence-corrected chi connectivity index (χ4v) is 1.98. The Bertz CT molecular complexity index is 556.